The molecule has 35 heavy (non-hydrogen) atoms. The molecule has 2 aromatic rings. The van der Waals surface area contributed by atoms with Crippen LogP contribution in [0.5, 0.6) is 11.5 Å². The molecule has 0 aliphatic heterocycles. The number of benzene rings is 2. The van der Waals surface area contributed by atoms with E-state index >= 15 is 0 Å². The van der Waals surface area contributed by atoms with Crippen LogP contribution >= 0.6 is 23.5 Å². The van der Waals surface area contributed by atoms with Crippen LogP contribution in [0.2, 0.25) is 0 Å². The molecule has 0 saturated carbocycles. The van der Waals surface area contributed by atoms with Gasteiger partial charge in [-0.3, -0.25) is 12.2 Å². The van der Waals surface area contributed by atoms with Gasteiger partial charge in [0, 0.05) is 0 Å². The van der Waals surface area contributed by atoms with Gasteiger partial charge in [-0.25, -0.2) is 24.3 Å². The summed E-state index contributed by atoms with van der Waals surface area (Å²) in [5.74, 6) is -0.695. The normalized spacial score (nSPS) is 13.0. The number of alkyl halides is 6. The van der Waals surface area contributed by atoms with Gasteiger partial charge in [0.25, 0.3) is 0 Å². The van der Waals surface area contributed by atoms with Crippen LogP contribution in [-0.4, -0.2) is 21.2 Å². The van der Waals surface area contributed by atoms with Crippen LogP contribution in [0.3, 0.4) is 0 Å². The Labute approximate surface area is 227 Å². The predicted molar refractivity (Wildman–Crippen MR) is 123 cm³/mol. The van der Waals surface area contributed by atoms with Crippen LogP contribution in [0, 0.1) is 12.2 Å². The number of phenolic OH excluding ortho intramolecular Hbond substituents is 2. The van der Waals surface area contributed by atoms with Crippen molar-refractivity contribution in [1.82, 2.24) is 0 Å². The summed E-state index contributed by atoms with van der Waals surface area (Å²) in [5.41, 5.74) is -8.70. The van der Waals surface area contributed by atoms with E-state index in [1.165, 1.54) is 48.5 Å². The predicted octanol–water partition coefficient (Wildman–Crippen LogP) is 8.62. The van der Waals surface area contributed by atoms with E-state index in [4.69, 9.17) is 10.2 Å². The van der Waals surface area contributed by atoms with Crippen molar-refractivity contribution in [1.29, 1.82) is 0 Å². The van der Waals surface area contributed by atoms with E-state index in [0.717, 1.165) is 12.8 Å². The number of hydrogen-bond donors (Lipinski definition) is 2. The fourth-order valence-corrected chi connectivity index (χ4v) is 3.15. The zero-order chi connectivity index (χ0) is 25.5. The summed E-state index contributed by atoms with van der Waals surface area (Å²) >= 11 is -0.645. The first-order chi connectivity index (χ1) is 16.0. The van der Waals surface area contributed by atoms with Crippen molar-refractivity contribution >= 4 is 23.5 Å². The molecule has 2 nitrogen and oxygen atoms in total. The number of para-hydroxylation sites is 2. The maximum absolute atomic E-state index is 11.8. The smallest absolute Gasteiger partial charge is 0.507 e. The Balaban J connectivity index is 0.000000468. The molecule has 0 amide bonds. The number of hydrogen-bond acceptors (Lipinski definition) is 4. The third-order valence-electron chi connectivity index (χ3n) is 3.35. The quantitative estimate of drug-likeness (QED) is 0.203. The number of thioether (sulfide) groups is 2. The van der Waals surface area contributed by atoms with Crippen molar-refractivity contribution in [2.75, 3.05) is 0 Å². The van der Waals surface area contributed by atoms with E-state index in [0.29, 0.717) is 0 Å². The fraction of sp³-hybridized carbons (Fsp3) is 0.167. The first-order valence-corrected chi connectivity index (χ1v) is 11.1. The van der Waals surface area contributed by atoms with E-state index in [2.05, 4.69) is 24.3 Å². The largest absolute Gasteiger partial charge is 2.00 e. The summed E-state index contributed by atoms with van der Waals surface area (Å²) in [6, 6.07) is 10.7. The first-order valence-electron chi connectivity index (χ1n) is 9.49. The summed E-state index contributed by atoms with van der Waals surface area (Å²) < 4.78 is 70.6. The average molecular weight is 610 g/mol. The molecule has 186 valence electrons. The van der Waals surface area contributed by atoms with Crippen molar-refractivity contribution in [2.45, 2.75) is 33.6 Å². The summed E-state index contributed by atoms with van der Waals surface area (Å²) in [6.07, 6.45) is 20.0. The van der Waals surface area contributed by atoms with Gasteiger partial charge in [0.2, 0.25) is 0 Å². The first kappa shape index (κ1) is 33.2. The minimum atomic E-state index is -4.35. The molecule has 0 heterocycles. The summed E-state index contributed by atoms with van der Waals surface area (Å²) in [4.78, 5) is -0.352. The third-order valence-corrected chi connectivity index (χ3v) is 4.95. The van der Waals surface area contributed by atoms with Crippen LogP contribution in [0.4, 0.5) is 26.3 Å². The summed E-state index contributed by atoms with van der Waals surface area (Å²) in [6.45, 7) is 0. The molecule has 0 aromatic heterocycles. The number of allylic oxidation sites excluding steroid dienone is 8. The Hall–Kier alpha value is -1.84. The molecule has 11 heteroatoms. The minimum absolute atomic E-state index is 0. The molecule has 2 aliphatic rings. The molecule has 2 aliphatic carbocycles. The molecule has 4 rings (SSSR count). The number of halogens is 6. The molecule has 0 unspecified atom stereocenters. The molecule has 0 atom stereocenters. The Morgan fingerprint density at radius 3 is 1.17 bits per heavy atom. The van der Waals surface area contributed by atoms with Gasteiger partial charge in [-0.15, -0.1) is 12.8 Å². The monoisotopic (exact) mass is 608 g/mol. The van der Waals surface area contributed by atoms with Crippen LogP contribution in [0.25, 0.3) is 0 Å². The molecule has 2 aromatic carbocycles. The second kappa shape index (κ2) is 17.6. The van der Waals surface area contributed by atoms with Gasteiger partial charge >= 0.3 is 37.2 Å². The Morgan fingerprint density at radius 1 is 0.629 bits per heavy atom. The Morgan fingerprint density at radius 2 is 0.971 bits per heavy atom. The van der Waals surface area contributed by atoms with Gasteiger partial charge in [0.15, 0.2) is 0 Å². The summed E-state index contributed by atoms with van der Waals surface area (Å²) in [5, 5.41) is 17.9. The average Bonchev–Trinajstić information content (AvgIpc) is 3.49. The van der Waals surface area contributed by atoms with Gasteiger partial charge in [0.1, 0.15) is 11.5 Å². The van der Waals surface area contributed by atoms with Gasteiger partial charge in [-0.2, -0.15) is 38.5 Å². The van der Waals surface area contributed by atoms with Crippen molar-refractivity contribution in [3.05, 3.63) is 97.1 Å². The second-order valence-corrected chi connectivity index (χ2v) is 8.25. The number of aromatic hydroxyl groups is 2. The van der Waals surface area contributed by atoms with Crippen molar-refractivity contribution in [2.24, 2.45) is 0 Å². The molecule has 0 fully saturated rings. The summed E-state index contributed by atoms with van der Waals surface area (Å²) in [7, 11) is 0. The van der Waals surface area contributed by atoms with E-state index in [1.54, 1.807) is 0 Å². The van der Waals surface area contributed by atoms with Crippen LogP contribution < -0.4 is 0 Å². The number of rotatable bonds is 2. The van der Waals surface area contributed by atoms with Gasteiger partial charge in [-0.1, -0.05) is 24.3 Å². The van der Waals surface area contributed by atoms with Gasteiger partial charge in [0.05, 0.1) is 9.79 Å². The van der Waals surface area contributed by atoms with Crippen molar-refractivity contribution < 1.29 is 62.8 Å². The molecule has 0 saturated heterocycles. The zero-order valence-electron chi connectivity index (χ0n) is 18.0. The molecule has 0 bridgehead atoms. The Kier molecular flexibility index (Phi) is 16.6. The van der Waals surface area contributed by atoms with Crippen LogP contribution in [0.15, 0.2) is 94.8 Å². The molecular formula is C24H20F6O2S2Zr. The molecular weight excluding hydrogens is 590 g/mol. The maximum Gasteiger partial charge on any atom is 2.00 e. The standard InChI is InChI=1S/2C7H5F3OS.2C5H5.Zr/c2*8-7(9,10)12-6-4-2-1-3-5(6)11;2*1-2-4-5-3-1;/h2*1-4,11H;2*1-3H,4H2;/q;;2*-1;+2. The van der Waals surface area contributed by atoms with Crippen LogP contribution in [0.1, 0.15) is 12.8 Å². The zero-order valence-corrected chi connectivity index (χ0v) is 22.1. The van der Waals surface area contributed by atoms with E-state index in [9.17, 15) is 26.3 Å². The van der Waals surface area contributed by atoms with Crippen LogP contribution in [-0.2, 0) is 26.2 Å². The van der Waals surface area contributed by atoms with Gasteiger partial charge in [-0.05, 0) is 47.8 Å². The van der Waals surface area contributed by atoms with E-state index < -0.39 is 11.0 Å². The van der Waals surface area contributed by atoms with Crippen molar-refractivity contribution in [3.63, 3.8) is 0 Å². The van der Waals surface area contributed by atoms with E-state index in [-0.39, 0.29) is 71.0 Å². The SMILES string of the molecule is Oc1ccccc1SC(F)(F)F.Oc1ccccc1SC(F)(F)F.[C-]1=CC=CC1.[C-]1=CC=CC1.[Zr+2]. The van der Waals surface area contributed by atoms with Gasteiger partial charge < -0.3 is 10.2 Å². The van der Waals surface area contributed by atoms with Crippen molar-refractivity contribution in [3.8, 4) is 11.5 Å². The minimum Gasteiger partial charge on any atom is -0.507 e. The van der Waals surface area contributed by atoms with E-state index in [1.807, 2.05) is 24.3 Å². The Bertz CT molecular complexity index is 887. The second-order valence-electron chi connectivity index (χ2n) is 6.04. The number of phenols is 2. The maximum atomic E-state index is 11.8. The molecule has 2 N–H and O–H groups in total. The third kappa shape index (κ3) is 18.1. The topological polar surface area (TPSA) is 40.5 Å². The molecule has 0 spiro atoms. The molecule has 0 radical (unpaired) electrons. The fourth-order valence-electron chi connectivity index (χ4n) is 2.02.